The maximum Gasteiger partial charge on any atom is 0.344 e. The molecule has 130 valence electrons. The number of nitrogens with zero attached hydrogens (tertiary/aromatic N) is 2. The van der Waals surface area contributed by atoms with Crippen molar-refractivity contribution in [3.8, 4) is 11.3 Å². The molecule has 0 radical (unpaired) electrons. The predicted molar refractivity (Wildman–Crippen MR) is 88.8 cm³/mol. The molecule has 9 heteroatoms. The largest absolute Gasteiger partial charge is 0.462 e. The normalized spacial score (nSPS) is 11.4. The highest BCUT2D eigenvalue weighted by molar-refractivity contribution is 7.85. The molecule has 0 saturated heterocycles. The number of carbonyl (C=O) groups excluding carboxylic acids is 1. The third kappa shape index (κ3) is 4.33. The van der Waals surface area contributed by atoms with Gasteiger partial charge in [-0.3, -0.25) is 4.18 Å². The lowest BCUT2D eigenvalue weighted by Gasteiger charge is -2.05. The van der Waals surface area contributed by atoms with E-state index in [4.69, 9.17) is 14.7 Å². The fourth-order valence-electron chi connectivity index (χ4n) is 2.12. The number of nitrogen functional groups attached to an aromatic ring is 1. The molecule has 0 amide bonds. The molecule has 2 rings (SSSR count). The zero-order valence-corrected chi connectivity index (χ0v) is 14.2. The minimum absolute atomic E-state index is 0.0815. The molecule has 0 saturated carbocycles. The molecular formula is C15H19N3O5S. The van der Waals surface area contributed by atoms with Crippen LogP contribution >= 0.6 is 0 Å². The third-order valence-corrected chi connectivity index (χ3v) is 3.71. The smallest absolute Gasteiger partial charge is 0.344 e. The Balaban J connectivity index is 2.38. The molecule has 1 aromatic heterocycles. The average Bonchev–Trinajstić information content (AvgIpc) is 2.84. The van der Waals surface area contributed by atoms with Crippen molar-refractivity contribution in [2.24, 2.45) is 0 Å². The SMILES string of the molecule is CCOC(=O)c1c(-c2ccccc2)nn(CCOS(C)(=O)=O)c1N. The minimum Gasteiger partial charge on any atom is -0.462 e. The summed E-state index contributed by atoms with van der Waals surface area (Å²) < 4.78 is 33.1. The van der Waals surface area contributed by atoms with Gasteiger partial charge in [-0.15, -0.1) is 0 Å². The Kier molecular flexibility index (Phi) is 5.58. The lowest BCUT2D eigenvalue weighted by atomic mass is 10.1. The van der Waals surface area contributed by atoms with Gasteiger partial charge in [-0.25, -0.2) is 9.48 Å². The Bertz CT molecular complexity index is 815. The number of aromatic nitrogens is 2. The van der Waals surface area contributed by atoms with Crippen LogP contribution in [-0.4, -0.2) is 43.6 Å². The van der Waals surface area contributed by atoms with Gasteiger partial charge in [0.1, 0.15) is 17.1 Å². The number of rotatable bonds is 7. The van der Waals surface area contributed by atoms with Gasteiger partial charge in [0.2, 0.25) is 0 Å². The van der Waals surface area contributed by atoms with Crippen molar-refractivity contribution in [2.45, 2.75) is 13.5 Å². The summed E-state index contributed by atoms with van der Waals surface area (Å²) in [5.74, 6) is -0.478. The number of nitrogens with two attached hydrogens (primary N) is 1. The monoisotopic (exact) mass is 353 g/mol. The van der Waals surface area contributed by atoms with Gasteiger partial charge in [0.25, 0.3) is 10.1 Å². The lowest BCUT2D eigenvalue weighted by Crippen LogP contribution is -2.14. The molecule has 0 atom stereocenters. The fraction of sp³-hybridized carbons (Fsp3) is 0.333. The van der Waals surface area contributed by atoms with Crippen LogP contribution in [0.3, 0.4) is 0 Å². The summed E-state index contributed by atoms with van der Waals surface area (Å²) in [7, 11) is -3.56. The molecule has 0 fully saturated rings. The number of hydrogen-bond donors (Lipinski definition) is 1. The first kappa shape index (κ1) is 18.0. The first-order valence-electron chi connectivity index (χ1n) is 7.26. The van der Waals surface area contributed by atoms with E-state index in [-0.39, 0.29) is 31.1 Å². The fourth-order valence-corrected chi connectivity index (χ4v) is 2.50. The Morgan fingerprint density at radius 3 is 2.54 bits per heavy atom. The van der Waals surface area contributed by atoms with E-state index in [0.717, 1.165) is 6.26 Å². The minimum atomic E-state index is -3.56. The Morgan fingerprint density at radius 1 is 1.29 bits per heavy atom. The van der Waals surface area contributed by atoms with Gasteiger partial charge in [-0.05, 0) is 6.92 Å². The van der Waals surface area contributed by atoms with Gasteiger partial charge in [-0.2, -0.15) is 13.5 Å². The van der Waals surface area contributed by atoms with Crippen LogP contribution in [0.4, 0.5) is 5.82 Å². The highest BCUT2D eigenvalue weighted by atomic mass is 32.2. The van der Waals surface area contributed by atoms with Crippen LogP contribution in [0.2, 0.25) is 0 Å². The van der Waals surface area contributed by atoms with Crippen LogP contribution in [0.5, 0.6) is 0 Å². The van der Waals surface area contributed by atoms with E-state index < -0.39 is 16.1 Å². The molecular weight excluding hydrogens is 334 g/mol. The van der Waals surface area contributed by atoms with E-state index in [1.807, 2.05) is 18.2 Å². The summed E-state index contributed by atoms with van der Waals surface area (Å²) in [6.45, 7) is 1.84. The third-order valence-electron chi connectivity index (χ3n) is 3.12. The molecule has 2 aromatic rings. The molecule has 0 bridgehead atoms. The van der Waals surface area contributed by atoms with E-state index in [9.17, 15) is 13.2 Å². The molecule has 8 nitrogen and oxygen atoms in total. The van der Waals surface area contributed by atoms with Crippen molar-refractivity contribution >= 4 is 21.9 Å². The predicted octanol–water partition coefficient (Wildman–Crippen LogP) is 1.29. The van der Waals surface area contributed by atoms with E-state index in [1.165, 1.54) is 4.68 Å². The molecule has 1 aromatic carbocycles. The number of hydrogen-bond acceptors (Lipinski definition) is 7. The van der Waals surface area contributed by atoms with Gasteiger partial charge >= 0.3 is 5.97 Å². The first-order valence-corrected chi connectivity index (χ1v) is 9.08. The van der Waals surface area contributed by atoms with Crippen LogP contribution in [0.1, 0.15) is 17.3 Å². The Hall–Kier alpha value is -2.39. The summed E-state index contributed by atoms with van der Waals surface area (Å²) in [5.41, 5.74) is 7.26. The summed E-state index contributed by atoms with van der Waals surface area (Å²) >= 11 is 0. The van der Waals surface area contributed by atoms with Crippen molar-refractivity contribution in [1.29, 1.82) is 0 Å². The highest BCUT2D eigenvalue weighted by Crippen LogP contribution is 2.28. The molecule has 24 heavy (non-hydrogen) atoms. The zero-order valence-electron chi connectivity index (χ0n) is 13.4. The second kappa shape index (κ2) is 7.45. The van der Waals surface area contributed by atoms with Crippen molar-refractivity contribution in [2.75, 3.05) is 25.2 Å². The highest BCUT2D eigenvalue weighted by Gasteiger charge is 2.24. The van der Waals surface area contributed by atoms with Crippen molar-refractivity contribution in [3.63, 3.8) is 0 Å². The first-order chi connectivity index (χ1) is 11.3. The van der Waals surface area contributed by atoms with E-state index in [1.54, 1.807) is 19.1 Å². The van der Waals surface area contributed by atoms with Crippen LogP contribution in [0.15, 0.2) is 30.3 Å². The van der Waals surface area contributed by atoms with Crippen molar-refractivity contribution in [1.82, 2.24) is 9.78 Å². The van der Waals surface area contributed by atoms with Gasteiger partial charge in [0.05, 0.1) is 26.0 Å². The van der Waals surface area contributed by atoms with Crippen LogP contribution < -0.4 is 5.73 Å². The van der Waals surface area contributed by atoms with Crippen molar-refractivity contribution in [3.05, 3.63) is 35.9 Å². The topological polar surface area (TPSA) is 114 Å². The Morgan fingerprint density at radius 2 is 1.96 bits per heavy atom. The molecule has 1 heterocycles. The number of carbonyl (C=O) groups is 1. The van der Waals surface area contributed by atoms with E-state index in [0.29, 0.717) is 11.3 Å². The van der Waals surface area contributed by atoms with Crippen LogP contribution in [0, 0.1) is 0 Å². The van der Waals surface area contributed by atoms with Crippen molar-refractivity contribution < 1.29 is 22.1 Å². The molecule has 0 unspecified atom stereocenters. The summed E-state index contributed by atoms with van der Waals surface area (Å²) in [6.07, 6.45) is 0.957. The number of anilines is 1. The second-order valence-electron chi connectivity index (χ2n) is 4.94. The summed E-state index contributed by atoms with van der Waals surface area (Å²) in [5, 5.41) is 4.32. The van der Waals surface area contributed by atoms with Crippen LogP contribution in [-0.2, 0) is 25.6 Å². The van der Waals surface area contributed by atoms with E-state index >= 15 is 0 Å². The van der Waals surface area contributed by atoms with E-state index in [2.05, 4.69) is 5.10 Å². The molecule has 2 N–H and O–H groups in total. The number of esters is 1. The van der Waals surface area contributed by atoms with Gasteiger partial charge in [-0.1, -0.05) is 30.3 Å². The molecule has 0 aliphatic carbocycles. The van der Waals surface area contributed by atoms with Gasteiger partial charge < -0.3 is 10.5 Å². The Labute approximate surface area is 140 Å². The van der Waals surface area contributed by atoms with Crippen LogP contribution in [0.25, 0.3) is 11.3 Å². The zero-order chi connectivity index (χ0) is 17.7. The van der Waals surface area contributed by atoms with Gasteiger partial charge in [0.15, 0.2) is 0 Å². The second-order valence-corrected chi connectivity index (χ2v) is 6.59. The maximum absolute atomic E-state index is 12.2. The van der Waals surface area contributed by atoms with Gasteiger partial charge in [0, 0.05) is 5.56 Å². The number of ether oxygens (including phenoxy) is 1. The summed E-state index contributed by atoms with van der Waals surface area (Å²) in [6, 6.07) is 9.05. The molecule has 0 aliphatic heterocycles. The lowest BCUT2D eigenvalue weighted by molar-refractivity contribution is 0.0528. The standard InChI is InChI=1S/C15H19N3O5S/c1-3-22-15(19)12-13(11-7-5-4-6-8-11)17-18(14(12)16)9-10-23-24(2,20)21/h4-8H,3,9-10,16H2,1-2H3. The number of benzene rings is 1. The quantitative estimate of drug-likeness (QED) is 0.589. The maximum atomic E-state index is 12.2. The average molecular weight is 353 g/mol. The molecule has 0 spiro atoms. The molecule has 0 aliphatic rings. The summed E-state index contributed by atoms with van der Waals surface area (Å²) in [4.78, 5) is 12.2.